The minimum Gasteiger partial charge on any atom is -0.469 e. The van der Waals surface area contributed by atoms with E-state index in [0.29, 0.717) is 0 Å². The van der Waals surface area contributed by atoms with Gasteiger partial charge in [-0.2, -0.15) is 0 Å². The van der Waals surface area contributed by atoms with Gasteiger partial charge in [0.1, 0.15) is 0 Å². The summed E-state index contributed by atoms with van der Waals surface area (Å²) in [5.41, 5.74) is 3.95. The van der Waals surface area contributed by atoms with Gasteiger partial charge in [0.15, 0.2) is 0 Å². The summed E-state index contributed by atoms with van der Waals surface area (Å²) in [4.78, 5) is 11.6. The van der Waals surface area contributed by atoms with E-state index in [-0.39, 0.29) is 11.9 Å². The molecule has 0 bridgehead atoms. The SMILES string of the molecule is COC(=O)[C@H](C)c1ccc2c(c1)C[C@@H](C(C)C)C2. The topological polar surface area (TPSA) is 26.3 Å². The number of carbonyl (C=O) groups is 1. The van der Waals surface area contributed by atoms with Gasteiger partial charge in [-0.15, -0.1) is 0 Å². The molecule has 0 spiro atoms. The molecule has 0 saturated heterocycles. The van der Waals surface area contributed by atoms with Crippen molar-refractivity contribution in [1.29, 1.82) is 0 Å². The lowest BCUT2D eigenvalue weighted by Crippen LogP contribution is -2.11. The van der Waals surface area contributed by atoms with Crippen molar-refractivity contribution >= 4 is 5.97 Å². The number of rotatable bonds is 3. The van der Waals surface area contributed by atoms with Gasteiger partial charge in [-0.1, -0.05) is 32.0 Å². The first-order valence-electron chi connectivity index (χ1n) is 6.72. The number of esters is 1. The molecule has 2 atom stereocenters. The summed E-state index contributed by atoms with van der Waals surface area (Å²) in [6.45, 7) is 6.48. The summed E-state index contributed by atoms with van der Waals surface area (Å²) in [6.07, 6.45) is 2.33. The van der Waals surface area contributed by atoms with Crippen LogP contribution in [-0.4, -0.2) is 13.1 Å². The summed E-state index contributed by atoms with van der Waals surface area (Å²) >= 11 is 0. The van der Waals surface area contributed by atoms with Crippen LogP contribution in [0.3, 0.4) is 0 Å². The van der Waals surface area contributed by atoms with Gasteiger partial charge in [-0.05, 0) is 48.3 Å². The Balaban J connectivity index is 2.20. The van der Waals surface area contributed by atoms with Crippen LogP contribution < -0.4 is 0 Å². The lowest BCUT2D eigenvalue weighted by atomic mass is 9.93. The van der Waals surface area contributed by atoms with Crippen LogP contribution in [-0.2, 0) is 22.4 Å². The van der Waals surface area contributed by atoms with Crippen LogP contribution in [0.5, 0.6) is 0 Å². The van der Waals surface area contributed by atoms with E-state index in [1.807, 2.05) is 6.92 Å². The largest absolute Gasteiger partial charge is 0.469 e. The second-order valence-electron chi connectivity index (χ2n) is 5.69. The minimum absolute atomic E-state index is 0.159. The van der Waals surface area contributed by atoms with Crippen LogP contribution in [0.2, 0.25) is 0 Å². The second kappa shape index (κ2) is 5.13. The number of hydrogen-bond acceptors (Lipinski definition) is 2. The maximum absolute atomic E-state index is 11.6. The average molecular weight is 246 g/mol. The molecule has 0 unspecified atom stereocenters. The van der Waals surface area contributed by atoms with Crippen molar-refractivity contribution in [2.24, 2.45) is 11.8 Å². The molecule has 2 rings (SSSR count). The van der Waals surface area contributed by atoms with E-state index in [4.69, 9.17) is 4.74 Å². The van der Waals surface area contributed by atoms with Crippen molar-refractivity contribution in [2.45, 2.75) is 39.5 Å². The van der Waals surface area contributed by atoms with Crippen LogP contribution in [0.25, 0.3) is 0 Å². The van der Waals surface area contributed by atoms with Crippen molar-refractivity contribution in [1.82, 2.24) is 0 Å². The monoisotopic (exact) mass is 246 g/mol. The minimum atomic E-state index is -0.168. The molecule has 0 radical (unpaired) electrons. The summed E-state index contributed by atoms with van der Waals surface area (Å²) in [7, 11) is 1.45. The molecule has 0 saturated carbocycles. The van der Waals surface area contributed by atoms with Crippen molar-refractivity contribution in [3.05, 3.63) is 34.9 Å². The Morgan fingerprint density at radius 3 is 2.50 bits per heavy atom. The molecule has 1 aromatic rings. The summed E-state index contributed by atoms with van der Waals surface area (Å²) < 4.78 is 4.81. The van der Waals surface area contributed by atoms with Crippen LogP contribution in [0, 0.1) is 11.8 Å². The standard InChI is InChI=1S/C16H22O2/c1-10(2)14-8-13-6-5-12(7-15(13)9-14)11(3)16(17)18-4/h5-7,10-11,14H,8-9H2,1-4H3/t11-,14+/m1/s1. The lowest BCUT2D eigenvalue weighted by Gasteiger charge is -2.12. The molecular weight excluding hydrogens is 224 g/mol. The van der Waals surface area contributed by atoms with Gasteiger partial charge in [0.25, 0.3) is 0 Å². The third-order valence-corrected chi connectivity index (χ3v) is 4.19. The molecule has 1 aliphatic carbocycles. The molecular formula is C16H22O2. The van der Waals surface area contributed by atoms with E-state index in [1.54, 1.807) is 0 Å². The molecule has 0 N–H and O–H groups in total. The zero-order chi connectivity index (χ0) is 13.3. The number of methoxy groups -OCH3 is 1. The van der Waals surface area contributed by atoms with E-state index >= 15 is 0 Å². The number of benzene rings is 1. The molecule has 0 aromatic heterocycles. The van der Waals surface area contributed by atoms with Crippen molar-refractivity contribution < 1.29 is 9.53 Å². The van der Waals surface area contributed by atoms with Gasteiger partial charge < -0.3 is 4.74 Å². The first-order valence-corrected chi connectivity index (χ1v) is 6.72. The Hall–Kier alpha value is -1.31. The fourth-order valence-electron chi connectivity index (χ4n) is 2.73. The van der Waals surface area contributed by atoms with Crippen LogP contribution in [0.15, 0.2) is 18.2 Å². The van der Waals surface area contributed by atoms with Gasteiger partial charge in [0, 0.05) is 0 Å². The Morgan fingerprint density at radius 1 is 1.22 bits per heavy atom. The predicted octanol–water partition coefficient (Wildman–Crippen LogP) is 3.33. The molecule has 1 aliphatic rings. The van der Waals surface area contributed by atoms with Gasteiger partial charge in [-0.3, -0.25) is 4.79 Å². The molecule has 1 aromatic carbocycles. The summed E-state index contributed by atoms with van der Waals surface area (Å²) in [5.74, 6) is 1.15. The summed E-state index contributed by atoms with van der Waals surface area (Å²) in [5, 5.41) is 0. The van der Waals surface area contributed by atoms with Gasteiger partial charge >= 0.3 is 5.97 Å². The normalized spacial score (nSPS) is 19.7. The summed E-state index contributed by atoms with van der Waals surface area (Å²) in [6, 6.07) is 6.45. The first-order chi connectivity index (χ1) is 8.52. The third kappa shape index (κ3) is 2.43. The van der Waals surface area contributed by atoms with Crippen molar-refractivity contribution in [3.63, 3.8) is 0 Å². The van der Waals surface area contributed by atoms with Gasteiger partial charge in [0.05, 0.1) is 13.0 Å². The Morgan fingerprint density at radius 2 is 1.89 bits per heavy atom. The molecule has 98 valence electrons. The fraction of sp³-hybridized carbons (Fsp3) is 0.562. The van der Waals surface area contributed by atoms with Crippen LogP contribution in [0.4, 0.5) is 0 Å². The Bertz CT molecular complexity index is 448. The van der Waals surface area contributed by atoms with E-state index in [2.05, 4.69) is 32.0 Å². The number of hydrogen-bond donors (Lipinski definition) is 0. The average Bonchev–Trinajstić information content (AvgIpc) is 2.79. The van der Waals surface area contributed by atoms with E-state index < -0.39 is 0 Å². The Kier molecular flexibility index (Phi) is 3.74. The molecule has 0 heterocycles. The first kappa shape index (κ1) is 13.1. The van der Waals surface area contributed by atoms with E-state index in [1.165, 1.54) is 24.7 Å². The second-order valence-corrected chi connectivity index (χ2v) is 5.69. The molecule has 18 heavy (non-hydrogen) atoms. The number of carbonyl (C=O) groups excluding carboxylic acids is 1. The molecule has 0 aliphatic heterocycles. The van der Waals surface area contributed by atoms with E-state index in [0.717, 1.165) is 23.8 Å². The smallest absolute Gasteiger partial charge is 0.312 e. The van der Waals surface area contributed by atoms with Crippen LogP contribution >= 0.6 is 0 Å². The highest BCUT2D eigenvalue weighted by Crippen LogP contribution is 2.33. The van der Waals surface area contributed by atoms with E-state index in [9.17, 15) is 4.79 Å². The maximum atomic E-state index is 11.6. The number of fused-ring (bicyclic) bond motifs is 1. The predicted molar refractivity (Wildman–Crippen MR) is 72.6 cm³/mol. The zero-order valence-electron chi connectivity index (χ0n) is 11.7. The van der Waals surface area contributed by atoms with Crippen LogP contribution in [0.1, 0.15) is 43.4 Å². The molecule has 2 nitrogen and oxygen atoms in total. The molecule has 0 fully saturated rings. The molecule has 2 heteroatoms. The highest BCUT2D eigenvalue weighted by atomic mass is 16.5. The zero-order valence-corrected chi connectivity index (χ0v) is 11.7. The third-order valence-electron chi connectivity index (χ3n) is 4.19. The highest BCUT2D eigenvalue weighted by Gasteiger charge is 2.25. The van der Waals surface area contributed by atoms with Gasteiger partial charge in [0.2, 0.25) is 0 Å². The quantitative estimate of drug-likeness (QED) is 0.765. The van der Waals surface area contributed by atoms with Crippen molar-refractivity contribution in [3.8, 4) is 0 Å². The van der Waals surface area contributed by atoms with Gasteiger partial charge in [-0.25, -0.2) is 0 Å². The lowest BCUT2D eigenvalue weighted by molar-refractivity contribution is -0.141. The fourth-order valence-corrected chi connectivity index (χ4v) is 2.73. The highest BCUT2D eigenvalue weighted by molar-refractivity contribution is 5.77. The molecule has 0 amide bonds. The number of ether oxygens (including phenoxy) is 1. The van der Waals surface area contributed by atoms with Crippen molar-refractivity contribution in [2.75, 3.05) is 7.11 Å². The Labute approximate surface area is 109 Å². The maximum Gasteiger partial charge on any atom is 0.312 e.